The molecule has 5 heteroatoms. The van der Waals surface area contributed by atoms with Gasteiger partial charge in [-0.05, 0) is 23.3 Å². The normalized spacial score (nSPS) is 17.1. The SMILES string of the molecule is NC(=O)C1Cc2ccccc2CN1C(=O)c1cccnc1. The highest BCUT2D eigenvalue weighted by molar-refractivity contribution is 5.97. The number of rotatable bonds is 2. The minimum Gasteiger partial charge on any atom is -0.368 e. The van der Waals surface area contributed by atoms with Gasteiger partial charge in [-0.15, -0.1) is 0 Å². The Balaban J connectivity index is 1.96. The third kappa shape index (κ3) is 2.50. The van der Waals surface area contributed by atoms with E-state index in [4.69, 9.17) is 5.73 Å². The van der Waals surface area contributed by atoms with Crippen LogP contribution < -0.4 is 5.73 Å². The maximum absolute atomic E-state index is 12.6. The average molecular weight is 281 g/mol. The number of nitrogens with two attached hydrogens (primary N) is 1. The lowest BCUT2D eigenvalue weighted by Gasteiger charge is -2.35. The molecule has 1 aromatic carbocycles. The monoisotopic (exact) mass is 281 g/mol. The summed E-state index contributed by atoms with van der Waals surface area (Å²) in [4.78, 5) is 29.8. The first-order valence-corrected chi connectivity index (χ1v) is 6.74. The van der Waals surface area contributed by atoms with Gasteiger partial charge in [0.1, 0.15) is 6.04 Å². The lowest BCUT2D eigenvalue weighted by Crippen LogP contribution is -2.51. The van der Waals surface area contributed by atoms with Crippen molar-refractivity contribution in [3.05, 3.63) is 65.5 Å². The van der Waals surface area contributed by atoms with E-state index in [-0.39, 0.29) is 5.91 Å². The second-order valence-corrected chi connectivity index (χ2v) is 5.07. The van der Waals surface area contributed by atoms with Crippen LogP contribution in [0.2, 0.25) is 0 Å². The van der Waals surface area contributed by atoms with Crippen LogP contribution in [0.25, 0.3) is 0 Å². The van der Waals surface area contributed by atoms with Crippen molar-refractivity contribution in [2.75, 3.05) is 0 Å². The van der Waals surface area contributed by atoms with Gasteiger partial charge in [-0.3, -0.25) is 14.6 Å². The van der Waals surface area contributed by atoms with Crippen molar-refractivity contribution in [2.24, 2.45) is 5.73 Å². The Morgan fingerprint density at radius 1 is 1.14 bits per heavy atom. The Hall–Kier alpha value is -2.69. The Bertz CT molecular complexity index is 685. The van der Waals surface area contributed by atoms with Crippen LogP contribution in [0.1, 0.15) is 21.5 Å². The summed E-state index contributed by atoms with van der Waals surface area (Å²) in [6.07, 6.45) is 3.56. The van der Waals surface area contributed by atoms with Gasteiger partial charge in [0.15, 0.2) is 0 Å². The molecule has 1 atom stereocenters. The number of aromatic nitrogens is 1. The number of carbonyl (C=O) groups is 2. The number of hydrogen-bond acceptors (Lipinski definition) is 3. The third-order valence-electron chi connectivity index (χ3n) is 3.75. The van der Waals surface area contributed by atoms with Crippen LogP contribution in [0.3, 0.4) is 0 Å². The summed E-state index contributed by atoms with van der Waals surface area (Å²) in [5.74, 6) is -0.705. The molecule has 5 nitrogen and oxygen atoms in total. The van der Waals surface area contributed by atoms with E-state index in [0.717, 1.165) is 11.1 Å². The molecular formula is C16H15N3O2. The molecule has 0 saturated heterocycles. The van der Waals surface area contributed by atoms with Crippen molar-refractivity contribution in [1.82, 2.24) is 9.88 Å². The van der Waals surface area contributed by atoms with Gasteiger partial charge in [-0.1, -0.05) is 24.3 Å². The lowest BCUT2D eigenvalue weighted by atomic mass is 9.93. The molecule has 3 rings (SSSR count). The van der Waals surface area contributed by atoms with Crippen molar-refractivity contribution in [3.8, 4) is 0 Å². The molecule has 0 spiro atoms. The smallest absolute Gasteiger partial charge is 0.256 e. The largest absolute Gasteiger partial charge is 0.368 e. The molecule has 0 fully saturated rings. The second kappa shape index (κ2) is 5.36. The van der Waals surface area contributed by atoms with Crippen molar-refractivity contribution in [1.29, 1.82) is 0 Å². The van der Waals surface area contributed by atoms with Gasteiger partial charge in [0.2, 0.25) is 5.91 Å². The molecule has 0 aliphatic carbocycles. The predicted octanol–water partition coefficient (Wildman–Crippen LogP) is 1.13. The van der Waals surface area contributed by atoms with Crippen molar-refractivity contribution in [2.45, 2.75) is 19.0 Å². The summed E-state index contributed by atoms with van der Waals surface area (Å²) < 4.78 is 0. The Kier molecular flexibility index (Phi) is 3.39. The fourth-order valence-corrected chi connectivity index (χ4v) is 2.65. The zero-order chi connectivity index (χ0) is 14.8. The van der Waals surface area contributed by atoms with Crippen LogP contribution in [0, 0.1) is 0 Å². The highest BCUT2D eigenvalue weighted by Crippen LogP contribution is 2.24. The predicted molar refractivity (Wildman–Crippen MR) is 77.2 cm³/mol. The number of nitrogens with zero attached hydrogens (tertiary/aromatic N) is 2. The van der Waals surface area contributed by atoms with Gasteiger partial charge in [0.05, 0.1) is 5.56 Å². The van der Waals surface area contributed by atoms with E-state index >= 15 is 0 Å². The zero-order valence-corrected chi connectivity index (χ0v) is 11.4. The van der Waals surface area contributed by atoms with Gasteiger partial charge in [0.25, 0.3) is 5.91 Å². The van der Waals surface area contributed by atoms with E-state index in [0.29, 0.717) is 18.5 Å². The Morgan fingerprint density at radius 2 is 1.90 bits per heavy atom. The number of hydrogen-bond donors (Lipinski definition) is 1. The molecule has 1 aliphatic rings. The first kappa shape index (κ1) is 13.3. The van der Waals surface area contributed by atoms with Crippen LogP contribution >= 0.6 is 0 Å². The maximum atomic E-state index is 12.6. The molecule has 0 bridgehead atoms. The Labute approximate surface area is 122 Å². The summed E-state index contributed by atoms with van der Waals surface area (Å²) in [7, 11) is 0. The molecule has 21 heavy (non-hydrogen) atoms. The van der Waals surface area contributed by atoms with Crippen LogP contribution in [-0.4, -0.2) is 27.7 Å². The fourth-order valence-electron chi connectivity index (χ4n) is 2.65. The van der Waals surface area contributed by atoms with Crippen LogP contribution in [0.15, 0.2) is 48.8 Å². The van der Waals surface area contributed by atoms with Crippen LogP contribution in [0.4, 0.5) is 0 Å². The topological polar surface area (TPSA) is 76.3 Å². The average Bonchev–Trinajstić information content (AvgIpc) is 2.53. The molecule has 2 aromatic rings. The summed E-state index contributed by atoms with van der Waals surface area (Å²) in [5, 5.41) is 0. The molecule has 1 unspecified atom stereocenters. The molecular weight excluding hydrogens is 266 g/mol. The molecule has 2 amide bonds. The summed E-state index contributed by atoms with van der Waals surface area (Å²) in [6, 6.07) is 10.6. The summed E-state index contributed by atoms with van der Waals surface area (Å²) >= 11 is 0. The highest BCUT2D eigenvalue weighted by Gasteiger charge is 2.33. The summed E-state index contributed by atoms with van der Waals surface area (Å²) in [5.41, 5.74) is 8.06. The lowest BCUT2D eigenvalue weighted by molar-refractivity contribution is -0.122. The van der Waals surface area contributed by atoms with Crippen molar-refractivity contribution < 1.29 is 9.59 Å². The molecule has 2 heterocycles. The molecule has 1 aromatic heterocycles. The number of benzene rings is 1. The molecule has 2 N–H and O–H groups in total. The molecule has 106 valence electrons. The van der Waals surface area contributed by atoms with Gasteiger partial charge in [-0.25, -0.2) is 0 Å². The van der Waals surface area contributed by atoms with Crippen LogP contribution in [0.5, 0.6) is 0 Å². The van der Waals surface area contributed by atoms with Gasteiger partial charge < -0.3 is 10.6 Å². The highest BCUT2D eigenvalue weighted by atomic mass is 16.2. The van der Waals surface area contributed by atoms with E-state index < -0.39 is 11.9 Å². The quantitative estimate of drug-likeness (QED) is 0.896. The van der Waals surface area contributed by atoms with Gasteiger partial charge in [-0.2, -0.15) is 0 Å². The van der Waals surface area contributed by atoms with E-state index in [2.05, 4.69) is 4.98 Å². The standard InChI is InChI=1S/C16H15N3O2/c17-15(20)14-8-11-4-1-2-5-13(11)10-19(14)16(21)12-6-3-7-18-9-12/h1-7,9,14H,8,10H2,(H2,17,20). The minimum absolute atomic E-state index is 0.221. The zero-order valence-electron chi connectivity index (χ0n) is 11.4. The van der Waals surface area contributed by atoms with Crippen molar-refractivity contribution in [3.63, 3.8) is 0 Å². The minimum atomic E-state index is -0.618. The van der Waals surface area contributed by atoms with E-state index in [1.54, 1.807) is 18.3 Å². The first-order valence-electron chi connectivity index (χ1n) is 6.74. The first-order chi connectivity index (χ1) is 10.2. The van der Waals surface area contributed by atoms with E-state index in [9.17, 15) is 9.59 Å². The third-order valence-corrected chi connectivity index (χ3v) is 3.75. The van der Waals surface area contributed by atoms with Gasteiger partial charge in [0, 0.05) is 25.4 Å². The number of carbonyl (C=O) groups excluding carboxylic acids is 2. The second-order valence-electron chi connectivity index (χ2n) is 5.07. The Morgan fingerprint density at radius 3 is 2.57 bits per heavy atom. The van der Waals surface area contributed by atoms with Gasteiger partial charge >= 0.3 is 0 Å². The molecule has 0 radical (unpaired) electrons. The molecule has 1 aliphatic heterocycles. The number of primary amides is 1. The number of fused-ring (bicyclic) bond motifs is 1. The van der Waals surface area contributed by atoms with Crippen molar-refractivity contribution >= 4 is 11.8 Å². The van der Waals surface area contributed by atoms with E-state index in [1.807, 2.05) is 24.3 Å². The van der Waals surface area contributed by atoms with Crippen LogP contribution in [-0.2, 0) is 17.8 Å². The maximum Gasteiger partial charge on any atom is 0.256 e. The summed E-state index contributed by atoms with van der Waals surface area (Å²) in [6.45, 7) is 0.386. The molecule has 0 saturated carbocycles. The number of amides is 2. The number of pyridine rings is 1. The van der Waals surface area contributed by atoms with E-state index in [1.165, 1.54) is 11.1 Å². The fraction of sp³-hybridized carbons (Fsp3) is 0.188.